The van der Waals surface area contributed by atoms with Gasteiger partial charge in [-0.25, -0.2) is 0 Å². The van der Waals surface area contributed by atoms with Gasteiger partial charge in [-0.1, -0.05) is 0 Å². The van der Waals surface area contributed by atoms with E-state index < -0.39 is 0 Å². The summed E-state index contributed by atoms with van der Waals surface area (Å²) in [6.45, 7) is 1.53. The first kappa shape index (κ1) is 8.95. The normalized spacial score (nSPS) is 29.0. The molecule has 1 aliphatic rings. The van der Waals surface area contributed by atoms with Crippen LogP contribution in [0.25, 0.3) is 0 Å². The molecule has 1 heterocycles. The lowest BCUT2D eigenvalue weighted by atomic mass is 10.3. The van der Waals surface area contributed by atoms with Crippen molar-refractivity contribution in [1.29, 1.82) is 0 Å². The molecule has 0 saturated carbocycles. The van der Waals surface area contributed by atoms with Gasteiger partial charge in [0.2, 0.25) is 12.8 Å². The first-order valence-corrected chi connectivity index (χ1v) is 3.74. The topological polar surface area (TPSA) is 82.3 Å². The molecular formula is C6H12N4O2. The predicted octanol–water partition coefficient (Wildman–Crippen LogP) is -2.68. The summed E-state index contributed by atoms with van der Waals surface area (Å²) in [7, 11) is 0. The Labute approximate surface area is 70.1 Å². The van der Waals surface area contributed by atoms with E-state index in [4.69, 9.17) is 0 Å². The first-order valence-electron chi connectivity index (χ1n) is 3.74. The number of piperazine rings is 1. The molecule has 12 heavy (non-hydrogen) atoms. The van der Waals surface area contributed by atoms with Crippen LogP contribution in [0.4, 0.5) is 0 Å². The van der Waals surface area contributed by atoms with Crippen molar-refractivity contribution in [2.75, 3.05) is 13.1 Å². The van der Waals surface area contributed by atoms with Gasteiger partial charge in [0.1, 0.15) is 12.3 Å². The van der Waals surface area contributed by atoms with Gasteiger partial charge >= 0.3 is 0 Å². The SMILES string of the molecule is O=CN[C@H]1NCCN[C@@H]1NC=O. The molecule has 0 aromatic carbocycles. The highest BCUT2D eigenvalue weighted by atomic mass is 16.1. The highest BCUT2D eigenvalue weighted by Crippen LogP contribution is 1.89. The molecule has 0 aliphatic carbocycles. The molecule has 4 N–H and O–H groups in total. The average Bonchev–Trinajstić information content (AvgIpc) is 2.09. The number of hydrogen-bond acceptors (Lipinski definition) is 4. The van der Waals surface area contributed by atoms with Crippen molar-refractivity contribution in [3.63, 3.8) is 0 Å². The molecule has 1 saturated heterocycles. The quantitative estimate of drug-likeness (QED) is 0.348. The maximum atomic E-state index is 10.1. The second-order valence-electron chi connectivity index (χ2n) is 2.43. The molecule has 2 amide bonds. The van der Waals surface area contributed by atoms with Crippen LogP contribution < -0.4 is 21.3 Å². The van der Waals surface area contributed by atoms with E-state index in [1.807, 2.05) is 0 Å². The minimum absolute atomic E-state index is 0.235. The monoisotopic (exact) mass is 172 g/mol. The van der Waals surface area contributed by atoms with Crippen LogP contribution in [0.1, 0.15) is 0 Å². The van der Waals surface area contributed by atoms with Crippen molar-refractivity contribution >= 4 is 12.8 Å². The average molecular weight is 172 g/mol. The molecule has 6 nitrogen and oxygen atoms in total. The number of carbonyl (C=O) groups excluding carboxylic acids is 2. The van der Waals surface area contributed by atoms with Gasteiger partial charge in [0.25, 0.3) is 0 Å². The lowest BCUT2D eigenvalue weighted by molar-refractivity contribution is -0.113. The molecule has 0 radical (unpaired) electrons. The van der Waals surface area contributed by atoms with Gasteiger partial charge < -0.3 is 10.6 Å². The third-order valence-corrected chi connectivity index (χ3v) is 1.68. The highest BCUT2D eigenvalue weighted by Gasteiger charge is 2.22. The summed E-state index contributed by atoms with van der Waals surface area (Å²) in [6.07, 6.45) is 0.733. The van der Waals surface area contributed by atoms with Crippen molar-refractivity contribution < 1.29 is 9.59 Å². The van der Waals surface area contributed by atoms with E-state index in [1.165, 1.54) is 0 Å². The third-order valence-electron chi connectivity index (χ3n) is 1.68. The summed E-state index contributed by atoms with van der Waals surface area (Å²) in [5, 5.41) is 11.1. The smallest absolute Gasteiger partial charge is 0.208 e. The molecule has 1 rings (SSSR count). The maximum absolute atomic E-state index is 10.1. The molecule has 0 bridgehead atoms. The van der Waals surface area contributed by atoms with Crippen LogP contribution in [0, 0.1) is 0 Å². The van der Waals surface area contributed by atoms with Gasteiger partial charge in [-0.2, -0.15) is 0 Å². The molecule has 0 aromatic rings. The minimum atomic E-state index is -0.235. The van der Waals surface area contributed by atoms with Gasteiger partial charge in [-0.3, -0.25) is 20.2 Å². The predicted molar refractivity (Wildman–Crippen MR) is 42.0 cm³/mol. The van der Waals surface area contributed by atoms with Gasteiger partial charge in [0.05, 0.1) is 0 Å². The minimum Gasteiger partial charge on any atom is -0.340 e. The Hall–Kier alpha value is -1.14. The lowest BCUT2D eigenvalue weighted by Gasteiger charge is -2.32. The van der Waals surface area contributed by atoms with Crippen molar-refractivity contribution in [3.05, 3.63) is 0 Å². The fourth-order valence-corrected chi connectivity index (χ4v) is 1.15. The maximum Gasteiger partial charge on any atom is 0.208 e. The Morgan fingerprint density at radius 2 is 1.42 bits per heavy atom. The zero-order valence-electron chi connectivity index (χ0n) is 6.54. The zero-order chi connectivity index (χ0) is 8.81. The van der Waals surface area contributed by atoms with E-state index in [9.17, 15) is 9.59 Å². The van der Waals surface area contributed by atoms with E-state index in [1.54, 1.807) is 0 Å². The standard InChI is InChI=1S/C6H12N4O2/c11-3-9-5-6(10-4-12)8-2-1-7-5/h3-8H,1-2H2,(H,9,11)(H,10,12)/t5-,6-/m1/s1. The molecular weight excluding hydrogens is 160 g/mol. The fraction of sp³-hybridized carbons (Fsp3) is 0.667. The molecule has 0 spiro atoms. The van der Waals surface area contributed by atoms with E-state index in [0.29, 0.717) is 12.8 Å². The van der Waals surface area contributed by atoms with Crippen LogP contribution in [0.2, 0.25) is 0 Å². The second kappa shape index (κ2) is 4.68. The molecule has 1 aliphatic heterocycles. The third kappa shape index (κ3) is 2.18. The number of hydrogen-bond donors (Lipinski definition) is 4. The Kier molecular flexibility index (Phi) is 3.49. The second-order valence-corrected chi connectivity index (χ2v) is 2.43. The molecule has 0 unspecified atom stereocenters. The van der Waals surface area contributed by atoms with E-state index in [-0.39, 0.29) is 12.3 Å². The number of carbonyl (C=O) groups is 2. The Morgan fingerprint density at radius 3 is 1.75 bits per heavy atom. The van der Waals surface area contributed by atoms with Crippen molar-refractivity contribution in [2.45, 2.75) is 12.3 Å². The summed E-state index contributed by atoms with van der Waals surface area (Å²) >= 11 is 0. The van der Waals surface area contributed by atoms with Gasteiger partial charge in [-0.05, 0) is 0 Å². The highest BCUT2D eigenvalue weighted by molar-refractivity contribution is 5.49. The number of nitrogens with one attached hydrogen (secondary N) is 4. The van der Waals surface area contributed by atoms with Crippen molar-refractivity contribution in [3.8, 4) is 0 Å². The Balaban J connectivity index is 2.41. The van der Waals surface area contributed by atoms with Crippen LogP contribution in [0.5, 0.6) is 0 Å². The van der Waals surface area contributed by atoms with Crippen LogP contribution in [-0.2, 0) is 9.59 Å². The molecule has 6 heteroatoms. The van der Waals surface area contributed by atoms with Gasteiger partial charge in [-0.15, -0.1) is 0 Å². The molecule has 68 valence electrons. The zero-order valence-corrected chi connectivity index (χ0v) is 6.54. The van der Waals surface area contributed by atoms with Crippen molar-refractivity contribution in [1.82, 2.24) is 21.3 Å². The Morgan fingerprint density at radius 1 is 1.00 bits per heavy atom. The van der Waals surface area contributed by atoms with E-state index in [0.717, 1.165) is 13.1 Å². The van der Waals surface area contributed by atoms with Gasteiger partial charge in [0, 0.05) is 13.1 Å². The molecule has 1 fully saturated rings. The summed E-state index contributed by atoms with van der Waals surface area (Å²) < 4.78 is 0. The molecule has 0 aromatic heterocycles. The van der Waals surface area contributed by atoms with Crippen LogP contribution in [0.3, 0.4) is 0 Å². The van der Waals surface area contributed by atoms with Crippen LogP contribution in [-0.4, -0.2) is 38.2 Å². The lowest BCUT2D eigenvalue weighted by Crippen LogP contribution is -2.66. The largest absolute Gasteiger partial charge is 0.340 e. The van der Waals surface area contributed by atoms with Crippen molar-refractivity contribution in [2.24, 2.45) is 0 Å². The van der Waals surface area contributed by atoms with Gasteiger partial charge in [0.15, 0.2) is 0 Å². The number of rotatable bonds is 4. The van der Waals surface area contributed by atoms with Crippen LogP contribution in [0.15, 0.2) is 0 Å². The summed E-state index contributed by atoms with van der Waals surface area (Å²) in [4.78, 5) is 20.3. The fourth-order valence-electron chi connectivity index (χ4n) is 1.15. The number of amides is 2. The first-order chi connectivity index (χ1) is 5.88. The summed E-state index contributed by atoms with van der Waals surface area (Å²) in [6, 6.07) is 0. The Bertz CT molecular complexity index is 146. The molecule has 2 atom stereocenters. The van der Waals surface area contributed by atoms with E-state index in [2.05, 4.69) is 21.3 Å². The summed E-state index contributed by atoms with van der Waals surface area (Å²) in [5.41, 5.74) is 0. The van der Waals surface area contributed by atoms with E-state index >= 15 is 0 Å². The summed E-state index contributed by atoms with van der Waals surface area (Å²) in [5.74, 6) is 0. The van der Waals surface area contributed by atoms with Crippen LogP contribution >= 0.6 is 0 Å².